The molecular formula is C10H16N2O3S. The number of ether oxygens (including phenoxy) is 1. The van der Waals surface area contributed by atoms with Gasteiger partial charge in [0.1, 0.15) is 0 Å². The van der Waals surface area contributed by atoms with Crippen molar-refractivity contribution in [1.29, 1.82) is 0 Å². The molecule has 5 nitrogen and oxygen atoms in total. The van der Waals surface area contributed by atoms with Crippen molar-refractivity contribution in [2.75, 3.05) is 11.9 Å². The van der Waals surface area contributed by atoms with Crippen molar-refractivity contribution in [3.05, 3.63) is 11.1 Å². The Morgan fingerprint density at radius 2 is 2.31 bits per heavy atom. The minimum Gasteiger partial charge on any atom is -0.449 e. The van der Waals surface area contributed by atoms with E-state index in [0.29, 0.717) is 23.4 Å². The van der Waals surface area contributed by atoms with E-state index >= 15 is 0 Å². The molecule has 1 amide bonds. The summed E-state index contributed by atoms with van der Waals surface area (Å²) in [5.74, 6) is 0.301. The molecule has 1 atom stereocenters. The highest BCUT2D eigenvalue weighted by molar-refractivity contribution is 7.13. The van der Waals surface area contributed by atoms with Gasteiger partial charge in [-0.2, -0.15) is 0 Å². The highest BCUT2D eigenvalue weighted by Gasteiger charge is 2.10. The van der Waals surface area contributed by atoms with E-state index in [2.05, 4.69) is 10.3 Å². The van der Waals surface area contributed by atoms with Crippen LogP contribution in [0.15, 0.2) is 5.38 Å². The first-order chi connectivity index (χ1) is 7.49. The fraction of sp³-hybridized carbons (Fsp3) is 0.600. The van der Waals surface area contributed by atoms with Gasteiger partial charge >= 0.3 is 6.09 Å². The Bertz CT molecular complexity index is 350. The average Bonchev–Trinajstić information content (AvgIpc) is 2.63. The van der Waals surface area contributed by atoms with Gasteiger partial charge in [-0.25, -0.2) is 9.78 Å². The number of aliphatic hydroxyl groups is 1. The predicted octanol–water partition coefficient (Wildman–Crippen LogP) is 2.40. The molecule has 16 heavy (non-hydrogen) atoms. The van der Waals surface area contributed by atoms with Crippen molar-refractivity contribution in [1.82, 2.24) is 4.98 Å². The van der Waals surface area contributed by atoms with E-state index in [1.54, 1.807) is 12.3 Å². The summed E-state index contributed by atoms with van der Waals surface area (Å²) in [5.41, 5.74) is 0.546. The van der Waals surface area contributed by atoms with Gasteiger partial charge in [-0.15, -0.1) is 11.3 Å². The summed E-state index contributed by atoms with van der Waals surface area (Å²) >= 11 is 1.26. The Hall–Kier alpha value is -1.14. The van der Waals surface area contributed by atoms with Crippen LogP contribution >= 0.6 is 11.3 Å². The van der Waals surface area contributed by atoms with Crippen LogP contribution in [0.5, 0.6) is 0 Å². The Balaban J connectivity index is 2.43. The van der Waals surface area contributed by atoms with E-state index < -0.39 is 12.2 Å². The molecule has 1 rings (SSSR count). The maximum absolute atomic E-state index is 11.3. The number of anilines is 1. The lowest BCUT2D eigenvalue weighted by molar-refractivity contribution is 0.147. The smallest absolute Gasteiger partial charge is 0.413 e. The molecule has 1 unspecified atom stereocenters. The van der Waals surface area contributed by atoms with Gasteiger partial charge in [-0.3, -0.25) is 5.32 Å². The highest BCUT2D eigenvalue weighted by Crippen LogP contribution is 2.20. The molecule has 0 aromatic carbocycles. The second-order valence-corrected chi connectivity index (χ2v) is 4.73. The molecule has 0 aliphatic rings. The van der Waals surface area contributed by atoms with Crippen LogP contribution in [0.4, 0.5) is 9.93 Å². The normalized spacial score (nSPS) is 12.6. The Kier molecular flexibility index (Phi) is 4.70. The van der Waals surface area contributed by atoms with E-state index in [0.717, 1.165) is 0 Å². The molecule has 6 heteroatoms. The monoisotopic (exact) mass is 244 g/mol. The SMILES string of the molecule is CC(C)COC(=O)Nc1nc(C(C)O)cs1. The number of nitrogens with one attached hydrogen (secondary N) is 1. The minimum absolute atomic E-state index is 0.301. The molecule has 0 radical (unpaired) electrons. The average molecular weight is 244 g/mol. The molecule has 0 fully saturated rings. The van der Waals surface area contributed by atoms with Crippen molar-refractivity contribution in [2.24, 2.45) is 5.92 Å². The molecule has 0 saturated carbocycles. The Morgan fingerprint density at radius 3 is 2.81 bits per heavy atom. The number of hydrogen-bond donors (Lipinski definition) is 2. The first-order valence-corrected chi connectivity index (χ1v) is 5.94. The molecule has 0 spiro atoms. The van der Waals surface area contributed by atoms with Gasteiger partial charge in [0.05, 0.1) is 18.4 Å². The minimum atomic E-state index is -0.626. The lowest BCUT2D eigenvalue weighted by atomic mass is 10.2. The van der Waals surface area contributed by atoms with E-state index in [4.69, 9.17) is 4.74 Å². The number of rotatable bonds is 4. The summed E-state index contributed by atoms with van der Waals surface area (Å²) in [4.78, 5) is 15.3. The van der Waals surface area contributed by atoms with Crippen molar-refractivity contribution >= 4 is 22.6 Å². The van der Waals surface area contributed by atoms with Crippen LogP contribution in [0.3, 0.4) is 0 Å². The third kappa shape index (κ3) is 4.16. The molecule has 0 bridgehead atoms. The molecule has 0 aliphatic carbocycles. The molecule has 1 aromatic heterocycles. The van der Waals surface area contributed by atoms with Crippen molar-refractivity contribution in [3.63, 3.8) is 0 Å². The first kappa shape index (κ1) is 12.9. The largest absolute Gasteiger partial charge is 0.449 e. The third-order valence-electron chi connectivity index (χ3n) is 1.71. The predicted molar refractivity (Wildman–Crippen MR) is 62.6 cm³/mol. The number of amides is 1. The van der Waals surface area contributed by atoms with Crippen molar-refractivity contribution in [3.8, 4) is 0 Å². The number of aromatic nitrogens is 1. The first-order valence-electron chi connectivity index (χ1n) is 5.06. The quantitative estimate of drug-likeness (QED) is 0.853. The number of carbonyl (C=O) groups is 1. The molecule has 0 saturated heterocycles. The van der Waals surface area contributed by atoms with E-state index in [1.807, 2.05) is 13.8 Å². The van der Waals surface area contributed by atoms with Crippen LogP contribution in [-0.2, 0) is 4.74 Å². The number of thiazole rings is 1. The van der Waals surface area contributed by atoms with Gasteiger partial charge in [-0.05, 0) is 12.8 Å². The standard InChI is InChI=1S/C10H16N2O3S/c1-6(2)4-15-10(14)12-9-11-8(5-16-9)7(3)13/h5-7,13H,4H2,1-3H3,(H,11,12,14). The van der Waals surface area contributed by atoms with E-state index in [-0.39, 0.29) is 0 Å². The van der Waals surface area contributed by atoms with Gasteiger partial charge in [0, 0.05) is 5.38 Å². The molecular weight excluding hydrogens is 228 g/mol. The third-order valence-corrected chi connectivity index (χ3v) is 2.48. The second-order valence-electron chi connectivity index (χ2n) is 3.87. The van der Waals surface area contributed by atoms with Crippen LogP contribution in [-0.4, -0.2) is 22.8 Å². The Morgan fingerprint density at radius 1 is 1.62 bits per heavy atom. The van der Waals surface area contributed by atoms with Gasteiger partial charge in [0.25, 0.3) is 0 Å². The summed E-state index contributed by atoms with van der Waals surface area (Å²) in [5, 5.41) is 13.9. The summed E-state index contributed by atoms with van der Waals surface area (Å²) in [7, 11) is 0. The zero-order chi connectivity index (χ0) is 12.1. The van der Waals surface area contributed by atoms with E-state index in [1.165, 1.54) is 11.3 Å². The van der Waals surface area contributed by atoms with Crippen LogP contribution in [0.1, 0.15) is 32.6 Å². The van der Waals surface area contributed by atoms with Gasteiger partial charge in [0.15, 0.2) is 5.13 Å². The summed E-state index contributed by atoms with van der Waals surface area (Å²) in [6, 6.07) is 0. The Labute approximate surface area is 98.5 Å². The molecule has 90 valence electrons. The maximum atomic E-state index is 11.3. The van der Waals surface area contributed by atoms with Crippen LogP contribution < -0.4 is 5.32 Å². The highest BCUT2D eigenvalue weighted by atomic mass is 32.1. The summed E-state index contributed by atoms with van der Waals surface area (Å²) in [6.07, 6.45) is -1.14. The molecule has 1 aromatic rings. The van der Waals surface area contributed by atoms with Crippen LogP contribution in [0.2, 0.25) is 0 Å². The second kappa shape index (κ2) is 5.81. The zero-order valence-corrected chi connectivity index (χ0v) is 10.4. The number of carbonyl (C=O) groups excluding carboxylic acids is 1. The lowest BCUT2D eigenvalue weighted by Crippen LogP contribution is -2.16. The number of hydrogen-bond acceptors (Lipinski definition) is 5. The molecule has 1 heterocycles. The lowest BCUT2D eigenvalue weighted by Gasteiger charge is -2.06. The van der Waals surface area contributed by atoms with Gasteiger partial charge in [-0.1, -0.05) is 13.8 Å². The van der Waals surface area contributed by atoms with Crippen molar-refractivity contribution < 1.29 is 14.6 Å². The van der Waals surface area contributed by atoms with Crippen LogP contribution in [0, 0.1) is 5.92 Å². The number of aliphatic hydroxyl groups excluding tert-OH is 1. The zero-order valence-electron chi connectivity index (χ0n) is 9.56. The number of nitrogens with zero attached hydrogens (tertiary/aromatic N) is 1. The van der Waals surface area contributed by atoms with Gasteiger partial charge < -0.3 is 9.84 Å². The fourth-order valence-electron chi connectivity index (χ4n) is 0.901. The van der Waals surface area contributed by atoms with Crippen LogP contribution in [0.25, 0.3) is 0 Å². The summed E-state index contributed by atoms with van der Waals surface area (Å²) in [6.45, 7) is 5.92. The fourth-order valence-corrected chi connectivity index (χ4v) is 1.68. The van der Waals surface area contributed by atoms with Crippen molar-refractivity contribution in [2.45, 2.75) is 26.9 Å². The molecule has 0 aliphatic heterocycles. The summed E-state index contributed by atoms with van der Waals surface area (Å²) < 4.78 is 4.93. The molecule has 2 N–H and O–H groups in total. The maximum Gasteiger partial charge on any atom is 0.413 e. The topological polar surface area (TPSA) is 71.5 Å². The van der Waals surface area contributed by atoms with E-state index in [9.17, 15) is 9.90 Å². The van der Waals surface area contributed by atoms with Gasteiger partial charge in [0.2, 0.25) is 0 Å².